The molecule has 5 heteroatoms. The summed E-state index contributed by atoms with van der Waals surface area (Å²) in [5, 5.41) is 3.29. The van der Waals surface area contributed by atoms with Gasteiger partial charge in [-0.15, -0.1) is 0 Å². The molecule has 0 aromatic heterocycles. The molecule has 1 N–H and O–H groups in total. The van der Waals surface area contributed by atoms with E-state index in [2.05, 4.69) is 5.32 Å². The number of nitrogens with one attached hydrogen (secondary N) is 1. The third-order valence-electron chi connectivity index (χ3n) is 5.80. The fourth-order valence-electron chi connectivity index (χ4n) is 4.42. The highest BCUT2D eigenvalue weighted by Gasteiger charge is 2.50. The van der Waals surface area contributed by atoms with Crippen LogP contribution in [0, 0.1) is 0 Å². The number of hydrogen-bond acceptors (Lipinski definition) is 3. The van der Waals surface area contributed by atoms with E-state index < -0.39 is 5.54 Å². The van der Waals surface area contributed by atoms with E-state index in [0.29, 0.717) is 12.2 Å². The fraction of sp³-hybridized carbons (Fsp3) is 0.391. The summed E-state index contributed by atoms with van der Waals surface area (Å²) in [5.74, 6) is 1.09. The van der Waals surface area contributed by atoms with Crippen LogP contribution in [0.1, 0.15) is 37.7 Å². The van der Waals surface area contributed by atoms with Gasteiger partial charge in [0, 0.05) is 11.7 Å². The van der Waals surface area contributed by atoms with Gasteiger partial charge in [0.15, 0.2) is 5.54 Å². The maximum absolute atomic E-state index is 13.8. The number of hydrogen-bond donors (Lipinski definition) is 1. The van der Waals surface area contributed by atoms with Crippen molar-refractivity contribution in [3.63, 3.8) is 0 Å². The van der Waals surface area contributed by atoms with Crippen molar-refractivity contribution in [1.29, 1.82) is 0 Å². The molecule has 1 aliphatic carbocycles. The van der Waals surface area contributed by atoms with E-state index in [1.54, 1.807) is 16.7 Å². The molecule has 0 bridgehead atoms. The Bertz CT molecular complexity index is 821. The van der Waals surface area contributed by atoms with Gasteiger partial charge in [0.1, 0.15) is 0 Å². The van der Waals surface area contributed by atoms with Crippen LogP contribution in [0.4, 0.5) is 5.69 Å². The van der Waals surface area contributed by atoms with E-state index in [0.717, 1.165) is 42.7 Å². The number of anilines is 1. The second-order valence-electron chi connectivity index (χ2n) is 7.55. The molecule has 2 amide bonds. The van der Waals surface area contributed by atoms with E-state index in [-0.39, 0.29) is 17.9 Å². The Morgan fingerprint density at radius 2 is 1.64 bits per heavy atom. The molecule has 146 valence electrons. The van der Waals surface area contributed by atoms with E-state index in [1.807, 2.05) is 60.7 Å². The van der Waals surface area contributed by atoms with Gasteiger partial charge < -0.3 is 5.32 Å². The summed E-state index contributed by atoms with van der Waals surface area (Å²) in [5.41, 5.74) is 0.636. The van der Waals surface area contributed by atoms with Crippen molar-refractivity contribution >= 4 is 29.3 Å². The highest BCUT2D eigenvalue weighted by atomic mass is 32.2. The lowest BCUT2D eigenvalue weighted by atomic mass is 9.83. The van der Waals surface area contributed by atoms with Crippen LogP contribution >= 0.6 is 11.8 Å². The molecule has 1 aliphatic heterocycles. The molecule has 2 aliphatic rings. The standard InChI is InChI=1S/C23H26N2O2S/c26-21-17-28-16-15-23(18-9-3-1-4-10-18,22(27)24-19-11-7-8-12-19)25(21)20-13-5-2-6-14-20/h1-6,9-10,13-14,19H,7-8,11-12,15-17H2,(H,24,27). The molecule has 2 aromatic rings. The molecular formula is C23H26N2O2S. The van der Waals surface area contributed by atoms with Crippen molar-refractivity contribution in [2.24, 2.45) is 0 Å². The first kappa shape index (κ1) is 19.1. The maximum atomic E-state index is 13.8. The third-order valence-corrected chi connectivity index (χ3v) is 6.74. The Morgan fingerprint density at radius 3 is 2.32 bits per heavy atom. The van der Waals surface area contributed by atoms with E-state index in [1.165, 1.54) is 0 Å². The van der Waals surface area contributed by atoms with Gasteiger partial charge in [0.2, 0.25) is 5.91 Å². The average molecular weight is 395 g/mol. The summed E-state index contributed by atoms with van der Waals surface area (Å²) in [7, 11) is 0. The lowest BCUT2D eigenvalue weighted by molar-refractivity contribution is -0.131. The molecule has 1 atom stereocenters. The number of benzene rings is 2. The summed E-state index contributed by atoms with van der Waals surface area (Å²) >= 11 is 1.61. The Balaban J connectivity index is 1.85. The molecular weight excluding hydrogens is 368 g/mol. The van der Waals surface area contributed by atoms with Gasteiger partial charge in [-0.25, -0.2) is 0 Å². The summed E-state index contributed by atoms with van der Waals surface area (Å²) in [4.78, 5) is 28.9. The quantitative estimate of drug-likeness (QED) is 0.849. The van der Waals surface area contributed by atoms with Gasteiger partial charge >= 0.3 is 0 Å². The van der Waals surface area contributed by atoms with E-state index >= 15 is 0 Å². The van der Waals surface area contributed by atoms with Crippen molar-refractivity contribution in [1.82, 2.24) is 5.32 Å². The topological polar surface area (TPSA) is 49.4 Å². The van der Waals surface area contributed by atoms with Gasteiger partial charge in [-0.2, -0.15) is 11.8 Å². The minimum absolute atomic E-state index is 0.0147. The van der Waals surface area contributed by atoms with Gasteiger partial charge in [-0.3, -0.25) is 14.5 Å². The van der Waals surface area contributed by atoms with Crippen molar-refractivity contribution in [3.05, 3.63) is 66.2 Å². The zero-order valence-electron chi connectivity index (χ0n) is 16.0. The largest absolute Gasteiger partial charge is 0.351 e. The Labute approximate surface area is 170 Å². The van der Waals surface area contributed by atoms with Crippen molar-refractivity contribution in [2.45, 2.75) is 43.7 Å². The van der Waals surface area contributed by atoms with E-state index in [9.17, 15) is 9.59 Å². The molecule has 4 rings (SSSR count). The summed E-state index contributed by atoms with van der Waals surface area (Å²) < 4.78 is 0. The van der Waals surface area contributed by atoms with Crippen LogP contribution in [0.15, 0.2) is 60.7 Å². The first-order chi connectivity index (χ1) is 13.7. The number of para-hydroxylation sites is 1. The Kier molecular flexibility index (Phi) is 5.72. The van der Waals surface area contributed by atoms with Crippen LogP contribution in [0.2, 0.25) is 0 Å². The van der Waals surface area contributed by atoms with Crippen molar-refractivity contribution < 1.29 is 9.59 Å². The van der Waals surface area contributed by atoms with Crippen molar-refractivity contribution in [2.75, 3.05) is 16.4 Å². The second kappa shape index (κ2) is 8.39. The maximum Gasteiger partial charge on any atom is 0.251 e. The van der Waals surface area contributed by atoms with Gasteiger partial charge in [0.05, 0.1) is 5.75 Å². The highest BCUT2D eigenvalue weighted by molar-refractivity contribution is 7.99. The third kappa shape index (κ3) is 3.55. The van der Waals surface area contributed by atoms with Gasteiger partial charge in [-0.05, 0) is 42.7 Å². The highest BCUT2D eigenvalue weighted by Crippen LogP contribution is 2.40. The Hall–Kier alpha value is -2.27. The molecule has 1 heterocycles. The summed E-state index contributed by atoms with van der Waals surface area (Å²) in [6, 6.07) is 19.6. The minimum atomic E-state index is -1.02. The molecule has 4 nitrogen and oxygen atoms in total. The zero-order valence-corrected chi connectivity index (χ0v) is 16.8. The smallest absolute Gasteiger partial charge is 0.251 e. The molecule has 2 fully saturated rings. The van der Waals surface area contributed by atoms with Crippen LogP contribution in [-0.4, -0.2) is 29.4 Å². The number of carbonyl (C=O) groups excluding carboxylic acids is 2. The molecule has 1 saturated carbocycles. The fourth-order valence-corrected chi connectivity index (χ4v) is 5.31. The minimum Gasteiger partial charge on any atom is -0.351 e. The van der Waals surface area contributed by atoms with E-state index in [4.69, 9.17) is 0 Å². The molecule has 0 radical (unpaired) electrons. The van der Waals surface area contributed by atoms with Crippen LogP contribution in [0.5, 0.6) is 0 Å². The Morgan fingerprint density at radius 1 is 1.00 bits per heavy atom. The first-order valence-corrected chi connectivity index (χ1v) is 11.2. The summed E-state index contributed by atoms with van der Waals surface area (Å²) in [6.07, 6.45) is 4.94. The zero-order chi connectivity index (χ0) is 19.4. The summed E-state index contributed by atoms with van der Waals surface area (Å²) in [6.45, 7) is 0. The molecule has 0 spiro atoms. The van der Waals surface area contributed by atoms with Crippen LogP contribution in [0.3, 0.4) is 0 Å². The van der Waals surface area contributed by atoms with Gasteiger partial charge in [-0.1, -0.05) is 61.4 Å². The lowest BCUT2D eigenvalue weighted by Gasteiger charge is -2.42. The first-order valence-electron chi connectivity index (χ1n) is 10.0. The number of amides is 2. The molecule has 2 aromatic carbocycles. The van der Waals surface area contributed by atoms with Crippen LogP contribution in [-0.2, 0) is 15.1 Å². The predicted octanol–water partition coefficient (Wildman–Crippen LogP) is 4.11. The normalized spacial score (nSPS) is 23.4. The second-order valence-corrected chi connectivity index (χ2v) is 8.65. The number of thioether (sulfide) groups is 1. The number of carbonyl (C=O) groups is 2. The number of rotatable bonds is 4. The predicted molar refractivity (Wildman–Crippen MR) is 114 cm³/mol. The van der Waals surface area contributed by atoms with Crippen LogP contribution < -0.4 is 10.2 Å². The lowest BCUT2D eigenvalue weighted by Crippen LogP contribution is -2.60. The monoisotopic (exact) mass is 394 g/mol. The van der Waals surface area contributed by atoms with Gasteiger partial charge in [0.25, 0.3) is 5.91 Å². The average Bonchev–Trinajstić information content (AvgIpc) is 3.17. The van der Waals surface area contributed by atoms with Crippen LogP contribution in [0.25, 0.3) is 0 Å². The van der Waals surface area contributed by atoms with Crippen molar-refractivity contribution in [3.8, 4) is 0 Å². The molecule has 1 unspecified atom stereocenters. The SMILES string of the molecule is O=C1CSCCC(C(=O)NC2CCCC2)(c2ccccc2)N1c1ccccc1. The molecule has 28 heavy (non-hydrogen) atoms. The molecule has 1 saturated heterocycles. The number of nitrogens with zero attached hydrogens (tertiary/aromatic N) is 1.